The standard InChI is InChI=1S/C20H16ClN5OS/c1-2-10-26-19(15-6-8-16(21)9-7-15)24-25-20(26)28-13-18(27)23-17-5-3-4-14(11-17)12-22/h2-9,11H,1,10,13H2,(H,23,27). The molecule has 6 nitrogen and oxygen atoms in total. The largest absolute Gasteiger partial charge is 0.325 e. The van der Waals surface area contributed by atoms with Crippen molar-refractivity contribution in [2.75, 3.05) is 11.1 Å². The highest BCUT2D eigenvalue weighted by Crippen LogP contribution is 2.25. The number of nitrogens with one attached hydrogen (secondary N) is 1. The number of hydrogen-bond acceptors (Lipinski definition) is 5. The van der Waals surface area contributed by atoms with Crippen LogP contribution in [0.3, 0.4) is 0 Å². The van der Waals surface area contributed by atoms with Crippen molar-refractivity contribution in [1.29, 1.82) is 5.26 Å². The zero-order valence-corrected chi connectivity index (χ0v) is 16.4. The Morgan fingerprint density at radius 1 is 1.29 bits per heavy atom. The molecule has 0 fully saturated rings. The Morgan fingerprint density at radius 3 is 2.79 bits per heavy atom. The fourth-order valence-corrected chi connectivity index (χ4v) is 3.37. The van der Waals surface area contributed by atoms with Gasteiger partial charge in [-0.1, -0.05) is 35.5 Å². The molecule has 0 bridgehead atoms. The van der Waals surface area contributed by atoms with Crippen molar-refractivity contribution in [3.05, 3.63) is 71.8 Å². The normalized spacial score (nSPS) is 10.3. The number of halogens is 1. The van der Waals surface area contributed by atoms with Gasteiger partial charge in [0.2, 0.25) is 5.91 Å². The second-order valence-corrected chi connectivity index (χ2v) is 7.12. The summed E-state index contributed by atoms with van der Waals surface area (Å²) in [6, 6.07) is 16.1. The van der Waals surface area contributed by atoms with E-state index < -0.39 is 0 Å². The lowest BCUT2D eigenvalue weighted by atomic mass is 10.2. The summed E-state index contributed by atoms with van der Waals surface area (Å²) in [6.07, 6.45) is 1.75. The van der Waals surface area contributed by atoms with Crippen LogP contribution in [0.1, 0.15) is 5.56 Å². The molecule has 140 valence electrons. The molecule has 0 aliphatic heterocycles. The van der Waals surface area contributed by atoms with Crippen LogP contribution in [0.15, 0.2) is 66.3 Å². The highest BCUT2D eigenvalue weighted by molar-refractivity contribution is 7.99. The molecular formula is C20H16ClN5OS. The molecule has 28 heavy (non-hydrogen) atoms. The predicted octanol–water partition coefficient (Wildman–Crippen LogP) is 4.39. The maximum atomic E-state index is 12.3. The average Bonchev–Trinajstić information content (AvgIpc) is 3.10. The third-order valence-electron chi connectivity index (χ3n) is 3.74. The number of carbonyl (C=O) groups is 1. The molecule has 0 saturated heterocycles. The number of aromatic nitrogens is 3. The molecule has 2 aromatic carbocycles. The fourth-order valence-electron chi connectivity index (χ4n) is 2.50. The van der Waals surface area contributed by atoms with Crippen molar-refractivity contribution in [1.82, 2.24) is 14.8 Å². The van der Waals surface area contributed by atoms with Gasteiger partial charge in [0, 0.05) is 22.8 Å². The average molecular weight is 410 g/mol. The van der Waals surface area contributed by atoms with Crippen molar-refractivity contribution in [3.8, 4) is 17.5 Å². The van der Waals surface area contributed by atoms with Crippen LogP contribution in [0.5, 0.6) is 0 Å². The van der Waals surface area contributed by atoms with Crippen LogP contribution in [0.4, 0.5) is 5.69 Å². The van der Waals surface area contributed by atoms with Gasteiger partial charge >= 0.3 is 0 Å². The summed E-state index contributed by atoms with van der Waals surface area (Å²) < 4.78 is 1.89. The molecular weight excluding hydrogens is 394 g/mol. The van der Waals surface area contributed by atoms with Gasteiger partial charge in [0.15, 0.2) is 11.0 Å². The summed E-state index contributed by atoms with van der Waals surface area (Å²) in [6.45, 7) is 4.29. The van der Waals surface area contributed by atoms with E-state index in [2.05, 4.69) is 22.1 Å². The fraction of sp³-hybridized carbons (Fsp3) is 0.100. The van der Waals surface area contributed by atoms with E-state index in [0.717, 1.165) is 5.56 Å². The van der Waals surface area contributed by atoms with Gasteiger partial charge in [-0.15, -0.1) is 16.8 Å². The van der Waals surface area contributed by atoms with E-state index in [4.69, 9.17) is 16.9 Å². The number of amides is 1. The molecule has 0 aliphatic rings. The van der Waals surface area contributed by atoms with Gasteiger partial charge in [0.25, 0.3) is 0 Å². The first kappa shape index (κ1) is 19.7. The van der Waals surface area contributed by atoms with Crippen LogP contribution in [-0.4, -0.2) is 26.4 Å². The lowest BCUT2D eigenvalue weighted by Gasteiger charge is -2.08. The van der Waals surface area contributed by atoms with Crippen molar-refractivity contribution in [2.24, 2.45) is 0 Å². The monoisotopic (exact) mass is 409 g/mol. The lowest BCUT2D eigenvalue weighted by Crippen LogP contribution is -2.14. The Morgan fingerprint density at radius 2 is 2.07 bits per heavy atom. The Bertz CT molecular complexity index is 1040. The molecule has 1 aromatic heterocycles. The van der Waals surface area contributed by atoms with Crippen LogP contribution < -0.4 is 5.32 Å². The van der Waals surface area contributed by atoms with E-state index in [1.807, 2.05) is 22.8 Å². The lowest BCUT2D eigenvalue weighted by molar-refractivity contribution is -0.113. The maximum Gasteiger partial charge on any atom is 0.234 e. The first-order valence-corrected chi connectivity index (χ1v) is 9.70. The number of nitrogens with zero attached hydrogens (tertiary/aromatic N) is 4. The molecule has 3 rings (SSSR count). The Kier molecular flexibility index (Phi) is 6.48. The molecule has 3 aromatic rings. The molecule has 1 amide bonds. The molecule has 0 spiro atoms. The quantitative estimate of drug-likeness (QED) is 0.462. The van der Waals surface area contributed by atoms with Crippen LogP contribution >= 0.6 is 23.4 Å². The third kappa shape index (κ3) is 4.80. The SMILES string of the molecule is C=CCn1c(SCC(=O)Nc2cccc(C#N)c2)nnc1-c1ccc(Cl)cc1. The molecule has 0 radical (unpaired) electrons. The molecule has 8 heteroatoms. The highest BCUT2D eigenvalue weighted by Gasteiger charge is 2.15. The number of benzene rings is 2. The molecule has 0 atom stereocenters. The van der Waals surface area contributed by atoms with E-state index in [1.54, 1.807) is 42.5 Å². The van der Waals surface area contributed by atoms with Gasteiger partial charge < -0.3 is 5.32 Å². The molecule has 1 heterocycles. The van der Waals surface area contributed by atoms with Crippen LogP contribution in [-0.2, 0) is 11.3 Å². The van der Waals surface area contributed by atoms with Gasteiger partial charge in [-0.25, -0.2) is 0 Å². The number of carbonyl (C=O) groups excluding carboxylic acids is 1. The summed E-state index contributed by atoms with van der Waals surface area (Å²) in [7, 11) is 0. The molecule has 0 aliphatic carbocycles. The van der Waals surface area contributed by atoms with E-state index >= 15 is 0 Å². The summed E-state index contributed by atoms with van der Waals surface area (Å²) in [5.41, 5.74) is 1.95. The third-order valence-corrected chi connectivity index (χ3v) is 4.96. The van der Waals surface area contributed by atoms with Crippen LogP contribution in [0, 0.1) is 11.3 Å². The number of nitriles is 1. The van der Waals surface area contributed by atoms with E-state index in [0.29, 0.717) is 33.8 Å². The van der Waals surface area contributed by atoms with E-state index in [-0.39, 0.29) is 11.7 Å². The minimum atomic E-state index is -0.193. The number of anilines is 1. The number of allylic oxidation sites excluding steroid dienone is 1. The van der Waals surface area contributed by atoms with Crippen molar-refractivity contribution in [3.63, 3.8) is 0 Å². The maximum absolute atomic E-state index is 12.3. The van der Waals surface area contributed by atoms with Crippen LogP contribution in [0.25, 0.3) is 11.4 Å². The highest BCUT2D eigenvalue weighted by atomic mass is 35.5. The number of thioether (sulfide) groups is 1. The molecule has 0 saturated carbocycles. The first-order chi connectivity index (χ1) is 13.6. The van der Waals surface area contributed by atoms with Gasteiger partial charge in [0.1, 0.15) is 0 Å². The zero-order valence-electron chi connectivity index (χ0n) is 14.8. The topological polar surface area (TPSA) is 83.6 Å². The van der Waals surface area contributed by atoms with Gasteiger partial charge in [0.05, 0.1) is 17.4 Å². The van der Waals surface area contributed by atoms with Crippen molar-refractivity contribution in [2.45, 2.75) is 11.7 Å². The summed E-state index contributed by atoms with van der Waals surface area (Å²) >= 11 is 7.23. The smallest absolute Gasteiger partial charge is 0.234 e. The Balaban J connectivity index is 1.71. The van der Waals surface area contributed by atoms with Crippen molar-refractivity contribution >= 4 is 35.0 Å². The minimum Gasteiger partial charge on any atom is -0.325 e. The second-order valence-electron chi connectivity index (χ2n) is 5.74. The van der Waals surface area contributed by atoms with Gasteiger partial charge in [-0.2, -0.15) is 5.26 Å². The Labute approximate surface area is 171 Å². The van der Waals surface area contributed by atoms with E-state index in [1.165, 1.54) is 11.8 Å². The second kappa shape index (κ2) is 9.22. The van der Waals surface area contributed by atoms with Crippen molar-refractivity contribution < 1.29 is 4.79 Å². The van der Waals surface area contributed by atoms with Crippen LogP contribution in [0.2, 0.25) is 5.02 Å². The minimum absolute atomic E-state index is 0.159. The predicted molar refractivity (Wildman–Crippen MR) is 111 cm³/mol. The number of hydrogen-bond donors (Lipinski definition) is 1. The Hall–Kier alpha value is -3.08. The summed E-state index contributed by atoms with van der Waals surface area (Å²) in [5.74, 6) is 0.648. The summed E-state index contributed by atoms with van der Waals surface area (Å²) in [5, 5.41) is 21.4. The van der Waals surface area contributed by atoms with Gasteiger partial charge in [-0.3, -0.25) is 9.36 Å². The summed E-state index contributed by atoms with van der Waals surface area (Å²) in [4.78, 5) is 12.3. The zero-order chi connectivity index (χ0) is 19.9. The number of rotatable bonds is 7. The van der Waals surface area contributed by atoms with Gasteiger partial charge in [-0.05, 0) is 42.5 Å². The van der Waals surface area contributed by atoms with E-state index in [9.17, 15) is 4.79 Å². The molecule has 0 unspecified atom stereocenters. The molecule has 1 N–H and O–H groups in total. The first-order valence-electron chi connectivity index (χ1n) is 8.33.